The lowest BCUT2D eigenvalue weighted by molar-refractivity contribution is 0.584. The number of hydrogen-bond acceptors (Lipinski definition) is 3. The summed E-state index contributed by atoms with van der Waals surface area (Å²) in [6.07, 6.45) is 3.88. The van der Waals surface area contributed by atoms with E-state index in [4.69, 9.17) is 0 Å². The minimum Gasteiger partial charge on any atom is -0.331 e. The summed E-state index contributed by atoms with van der Waals surface area (Å²) in [7, 11) is 1.99. The lowest BCUT2D eigenvalue weighted by atomic mass is 10.1. The predicted octanol–water partition coefficient (Wildman–Crippen LogP) is 4.04. The molecule has 0 radical (unpaired) electrons. The Morgan fingerprint density at radius 3 is 2.80 bits per heavy atom. The molecule has 1 aromatic carbocycles. The fraction of sp³-hybridized carbons (Fsp3) is 0.438. The zero-order valence-corrected chi connectivity index (χ0v) is 13.4. The molecule has 0 aliphatic rings. The highest BCUT2D eigenvalue weighted by Crippen LogP contribution is 2.26. The molecule has 0 amide bonds. The van der Waals surface area contributed by atoms with Crippen LogP contribution < -0.4 is 5.32 Å². The van der Waals surface area contributed by atoms with E-state index in [0.717, 1.165) is 5.75 Å². The number of rotatable bonds is 6. The van der Waals surface area contributed by atoms with Gasteiger partial charge in [-0.15, -0.1) is 11.8 Å². The molecule has 0 fully saturated rings. The number of benzene rings is 1. The lowest BCUT2D eigenvalue weighted by Gasteiger charge is -2.13. The highest BCUT2D eigenvalue weighted by Gasteiger charge is 2.07. The molecule has 2 aromatic rings. The van der Waals surface area contributed by atoms with Crippen molar-refractivity contribution in [2.24, 2.45) is 0 Å². The van der Waals surface area contributed by atoms with E-state index >= 15 is 0 Å². The molecule has 0 bridgehead atoms. The zero-order chi connectivity index (χ0) is 14.5. The van der Waals surface area contributed by atoms with Crippen LogP contribution in [0.25, 0.3) is 0 Å². The van der Waals surface area contributed by atoms with Gasteiger partial charge >= 0.3 is 0 Å². The molecule has 0 aliphatic carbocycles. The molecule has 0 saturated heterocycles. The number of nitrogens with zero attached hydrogens (tertiary/aromatic N) is 2. The van der Waals surface area contributed by atoms with Crippen LogP contribution in [-0.4, -0.2) is 16.6 Å². The minimum absolute atomic E-state index is 0.386. The SMILES string of the molecule is CNC(C)c1cccc(SCc2cncn2C(C)C)c1. The van der Waals surface area contributed by atoms with Crippen LogP contribution in [0.1, 0.15) is 44.1 Å². The second-order valence-corrected chi connectivity index (χ2v) is 6.31. The van der Waals surface area contributed by atoms with E-state index in [0.29, 0.717) is 12.1 Å². The van der Waals surface area contributed by atoms with Gasteiger partial charge in [-0.25, -0.2) is 4.98 Å². The van der Waals surface area contributed by atoms with Crippen LogP contribution in [0.3, 0.4) is 0 Å². The van der Waals surface area contributed by atoms with Crippen LogP contribution in [0, 0.1) is 0 Å². The molecular weight excluding hydrogens is 266 g/mol. The molecule has 1 atom stereocenters. The largest absolute Gasteiger partial charge is 0.331 e. The van der Waals surface area contributed by atoms with Crippen molar-refractivity contribution in [2.45, 2.75) is 43.5 Å². The highest BCUT2D eigenvalue weighted by molar-refractivity contribution is 7.98. The van der Waals surface area contributed by atoms with Gasteiger partial charge in [-0.05, 0) is 45.5 Å². The molecule has 20 heavy (non-hydrogen) atoms. The van der Waals surface area contributed by atoms with E-state index in [1.807, 2.05) is 31.3 Å². The predicted molar refractivity (Wildman–Crippen MR) is 86.1 cm³/mol. The third-order valence-corrected chi connectivity index (χ3v) is 4.51. The standard InChI is InChI=1S/C16H23N3S/c1-12(2)19-11-18-9-15(19)10-20-16-7-5-6-14(8-16)13(3)17-4/h5-9,11-13,17H,10H2,1-4H3. The monoisotopic (exact) mass is 289 g/mol. The number of aromatic nitrogens is 2. The lowest BCUT2D eigenvalue weighted by Crippen LogP contribution is -2.12. The van der Waals surface area contributed by atoms with E-state index in [9.17, 15) is 0 Å². The highest BCUT2D eigenvalue weighted by atomic mass is 32.2. The van der Waals surface area contributed by atoms with Crippen LogP contribution in [0.4, 0.5) is 0 Å². The fourth-order valence-electron chi connectivity index (χ4n) is 2.11. The van der Waals surface area contributed by atoms with Gasteiger partial charge in [-0.1, -0.05) is 12.1 Å². The van der Waals surface area contributed by atoms with Gasteiger partial charge in [0.25, 0.3) is 0 Å². The summed E-state index contributed by atoms with van der Waals surface area (Å²) >= 11 is 1.86. The molecule has 2 rings (SSSR count). The van der Waals surface area contributed by atoms with Crippen molar-refractivity contribution in [2.75, 3.05) is 7.05 Å². The Morgan fingerprint density at radius 2 is 2.10 bits per heavy atom. The van der Waals surface area contributed by atoms with Gasteiger partial charge in [0.1, 0.15) is 0 Å². The van der Waals surface area contributed by atoms with Gasteiger partial charge in [-0.3, -0.25) is 0 Å². The fourth-order valence-corrected chi connectivity index (χ4v) is 3.04. The first-order valence-corrected chi connectivity index (χ1v) is 8.01. The molecule has 108 valence electrons. The number of thioether (sulfide) groups is 1. The van der Waals surface area contributed by atoms with Crippen molar-refractivity contribution in [3.05, 3.63) is 48.0 Å². The van der Waals surface area contributed by atoms with Crippen molar-refractivity contribution in [3.63, 3.8) is 0 Å². The topological polar surface area (TPSA) is 29.9 Å². The molecule has 1 N–H and O–H groups in total. The maximum Gasteiger partial charge on any atom is 0.0950 e. The Balaban J connectivity index is 2.05. The van der Waals surface area contributed by atoms with Crippen molar-refractivity contribution in [1.29, 1.82) is 0 Å². The van der Waals surface area contributed by atoms with Crippen molar-refractivity contribution >= 4 is 11.8 Å². The first-order valence-electron chi connectivity index (χ1n) is 7.02. The third-order valence-electron chi connectivity index (χ3n) is 3.48. The van der Waals surface area contributed by atoms with Gasteiger partial charge in [0.2, 0.25) is 0 Å². The summed E-state index contributed by atoms with van der Waals surface area (Å²) in [5.74, 6) is 0.954. The Bertz CT molecular complexity index is 548. The normalized spacial score (nSPS) is 12.8. The van der Waals surface area contributed by atoms with E-state index in [1.165, 1.54) is 16.2 Å². The van der Waals surface area contributed by atoms with Crippen LogP contribution >= 0.6 is 11.8 Å². The Kier molecular flexibility index (Phi) is 5.26. The maximum absolute atomic E-state index is 4.25. The molecule has 0 aliphatic heterocycles. The van der Waals surface area contributed by atoms with Crippen LogP contribution in [0.15, 0.2) is 41.7 Å². The van der Waals surface area contributed by atoms with Crippen LogP contribution in [0.2, 0.25) is 0 Å². The summed E-state index contributed by atoms with van der Waals surface area (Å²) in [6, 6.07) is 9.59. The smallest absolute Gasteiger partial charge is 0.0950 e. The van der Waals surface area contributed by atoms with Gasteiger partial charge in [-0.2, -0.15) is 0 Å². The van der Waals surface area contributed by atoms with E-state index < -0.39 is 0 Å². The van der Waals surface area contributed by atoms with Crippen molar-refractivity contribution in [1.82, 2.24) is 14.9 Å². The average Bonchev–Trinajstić information content (AvgIpc) is 2.93. The van der Waals surface area contributed by atoms with E-state index in [-0.39, 0.29) is 0 Å². The molecule has 4 heteroatoms. The van der Waals surface area contributed by atoms with Gasteiger partial charge in [0, 0.05) is 34.6 Å². The van der Waals surface area contributed by atoms with E-state index in [2.05, 4.69) is 59.9 Å². The molecule has 3 nitrogen and oxygen atoms in total. The Hall–Kier alpha value is -1.26. The minimum atomic E-state index is 0.386. The summed E-state index contributed by atoms with van der Waals surface area (Å²) in [6.45, 7) is 6.55. The molecule has 1 unspecified atom stereocenters. The molecule has 0 saturated carbocycles. The van der Waals surface area contributed by atoms with Crippen LogP contribution in [-0.2, 0) is 5.75 Å². The number of imidazole rings is 1. The molecule has 0 spiro atoms. The quantitative estimate of drug-likeness (QED) is 0.814. The Labute approximate surface area is 125 Å². The second-order valence-electron chi connectivity index (χ2n) is 5.26. The van der Waals surface area contributed by atoms with Gasteiger partial charge < -0.3 is 9.88 Å². The van der Waals surface area contributed by atoms with Crippen LogP contribution in [0.5, 0.6) is 0 Å². The van der Waals surface area contributed by atoms with Crippen molar-refractivity contribution < 1.29 is 0 Å². The second kappa shape index (κ2) is 6.95. The maximum atomic E-state index is 4.25. The van der Waals surface area contributed by atoms with E-state index in [1.54, 1.807) is 0 Å². The van der Waals surface area contributed by atoms with Gasteiger partial charge in [0.15, 0.2) is 0 Å². The first-order chi connectivity index (χ1) is 9.61. The summed E-state index contributed by atoms with van der Waals surface area (Å²) in [5.41, 5.74) is 2.60. The summed E-state index contributed by atoms with van der Waals surface area (Å²) in [5, 5.41) is 3.28. The molecular formula is C16H23N3S. The average molecular weight is 289 g/mol. The number of nitrogens with one attached hydrogen (secondary N) is 1. The number of hydrogen-bond donors (Lipinski definition) is 1. The molecule has 1 aromatic heterocycles. The first kappa shape index (κ1) is 15.1. The summed E-state index contributed by atoms with van der Waals surface area (Å²) < 4.78 is 2.23. The Morgan fingerprint density at radius 1 is 1.30 bits per heavy atom. The van der Waals surface area contributed by atoms with Gasteiger partial charge in [0.05, 0.1) is 6.33 Å². The van der Waals surface area contributed by atoms with Crippen molar-refractivity contribution in [3.8, 4) is 0 Å². The summed E-state index contributed by atoms with van der Waals surface area (Å²) in [4.78, 5) is 5.56. The third kappa shape index (κ3) is 3.64. The molecule has 1 heterocycles. The zero-order valence-electron chi connectivity index (χ0n) is 12.6.